The number of carbonyl (C=O) groups is 3. The van der Waals surface area contributed by atoms with E-state index in [1.807, 2.05) is 13.0 Å². The zero-order valence-corrected chi connectivity index (χ0v) is 23.2. The van der Waals surface area contributed by atoms with Crippen LogP contribution in [0.5, 0.6) is 11.6 Å². The Morgan fingerprint density at radius 3 is 2.59 bits per heavy atom. The van der Waals surface area contributed by atoms with Crippen molar-refractivity contribution in [2.45, 2.75) is 51.7 Å². The van der Waals surface area contributed by atoms with Crippen LogP contribution in [0.2, 0.25) is 0 Å². The van der Waals surface area contributed by atoms with Gasteiger partial charge < -0.3 is 24.4 Å². The van der Waals surface area contributed by atoms with Gasteiger partial charge in [-0.2, -0.15) is 0 Å². The van der Waals surface area contributed by atoms with Crippen LogP contribution in [-0.4, -0.2) is 64.1 Å². The molecular formula is C31H32FN3O6. The summed E-state index contributed by atoms with van der Waals surface area (Å²) in [6.45, 7) is 6.06. The number of aryl methyl sites for hydroxylation is 1. The molecule has 214 valence electrons. The number of carboxylic acid groups (broad SMARTS) is 1. The Balaban J connectivity index is 1.29. The highest BCUT2D eigenvalue weighted by Crippen LogP contribution is 2.39. The lowest BCUT2D eigenvalue weighted by Gasteiger charge is -2.44. The number of ether oxygens (including phenoxy) is 2. The molecule has 0 unspecified atom stereocenters. The van der Waals surface area contributed by atoms with Crippen LogP contribution in [0.4, 0.5) is 10.1 Å². The zero-order valence-electron chi connectivity index (χ0n) is 23.2. The first-order chi connectivity index (χ1) is 19.5. The number of pyridine rings is 1. The van der Waals surface area contributed by atoms with E-state index >= 15 is 4.39 Å². The molecule has 9 nitrogen and oxygen atoms in total. The lowest BCUT2D eigenvalue weighted by atomic mass is 9.96. The van der Waals surface area contributed by atoms with Crippen molar-refractivity contribution in [2.75, 3.05) is 24.6 Å². The smallest absolute Gasteiger partial charge is 0.306 e. The third-order valence-corrected chi connectivity index (χ3v) is 7.40. The number of aromatic nitrogens is 1. The predicted molar refractivity (Wildman–Crippen MR) is 150 cm³/mol. The van der Waals surface area contributed by atoms with E-state index in [0.29, 0.717) is 54.4 Å². The number of amides is 2. The van der Waals surface area contributed by atoms with Crippen molar-refractivity contribution in [1.82, 2.24) is 9.88 Å². The molecule has 2 aliphatic rings. The number of carbonyl (C=O) groups excluding carboxylic acids is 2. The molecule has 2 aromatic carbocycles. The summed E-state index contributed by atoms with van der Waals surface area (Å²) in [4.78, 5) is 45.3. The SMILES string of the molecule is Cc1cnc2c(c1)N(C1CCN(C(=O)c3ccc(-c4ccccc4OCCC(=O)O)cc3F)CC1)C(=O)C(C)(C)O2. The van der Waals surface area contributed by atoms with Crippen molar-refractivity contribution < 1.29 is 33.4 Å². The van der Waals surface area contributed by atoms with E-state index in [-0.39, 0.29) is 30.5 Å². The number of para-hydroxylation sites is 1. The van der Waals surface area contributed by atoms with Gasteiger partial charge in [-0.25, -0.2) is 9.37 Å². The Morgan fingerprint density at radius 2 is 1.88 bits per heavy atom. The summed E-state index contributed by atoms with van der Waals surface area (Å²) < 4.78 is 26.8. The fourth-order valence-corrected chi connectivity index (χ4v) is 5.27. The van der Waals surface area contributed by atoms with Crippen LogP contribution in [0.15, 0.2) is 54.7 Å². The normalized spacial score (nSPS) is 16.6. The van der Waals surface area contributed by atoms with E-state index in [9.17, 15) is 14.4 Å². The first kappa shape index (κ1) is 28.1. The third kappa shape index (κ3) is 5.73. The van der Waals surface area contributed by atoms with Gasteiger partial charge >= 0.3 is 5.97 Å². The van der Waals surface area contributed by atoms with Crippen molar-refractivity contribution in [3.8, 4) is 22.8 Å². The maximum Gasteiger partial charge on any atom is 0.306 e. The van der Waals surface area contributed by atoms with Crippen molar-refractivity contribution in [3.63, 3.8) is 0 Å². The molecule has 3 heterocycles. The number of carboxylic acids is 1. The Bertz CT molecular complexity index is 1500. The van der Waals surface area contributed by atoms with Crippen LogP contribution in [0, 0.1) is 12.7 Å². The van der Waals surface area contributed by atoms with Gasteiger partial charge in [-0.05, 0) is 69.0 Å². The molecule has 2 amide bonds. The van der Waals surface area contributed by atoms with Gasteiger partial charge in [0, 0.05) is 30.9 Å². The molecule has 0 atom stereocenters. The standard InChI is InChI=1S/C31H32FN3O6/c1-19-16-25-28(33-18-19)41-31(2,3)30(39)35(25)21-10-13-34(14-11-21)29(38)23-9-8-20(17-24(23)32)22-6-4-5-7-26(22)40-15-12-27(36)37/h4-9,16-18,21H,10-15H2,1-3H3,(H,36,37). The van der Waals surface area contributed by atoms with Crippen molar-refractivity contribution in [3.05, 3.63) is 71.7 Å². The summed E-state index contributed by atoms with van der Waals surface area (Å²) in [7, 11) is 0. The van der Waals surface area contributed by atoms with E-state index in [1.165, 1.54) is 12.1 Å². The molecule has 1 aromatic heterocycles. The molecule has 3 aromatic rings. The van der Waals surface area contributed by atoms with Gasteiger partial charge in [-0.3, -0.25) is 14.4 Å². The maximum atomic E-state index is 15.3. The monoisotopic (exact) mass is 561 g/mol. The van der Waals surface area contributed by atoms with Gasteiger partial charge in [0.2, 0.25) is 5.88 Å². The first-order valence-electron chi connectivity index (χ1n) is 13.6. The minimum Gasteiger partial charge on any atom is -0.492 e. The average molecular weight is 562 g/mol. The quantitative estimate of drug-likeness (QED) is 0.439. The number of halogens is 1. The number of hydrogen-bond acceptors (Lipinski definition) is 6. The van der Waals surface area contributed by atoms with Crippen LogP contribution in [0.25, 0.3) is 11.1 Å². The predicted octanol–water partition coefficient (Wildman–Crippen LogP) is 4.86. The Hall–Kier alpha value is -4.47. The molecule has 0 bridgehead atoms. The first-order valence-corrected chi connectivity index (χ1v) is 13.6. The van der Waals surface area contributed by atoms with Crippen LogP contribution in [0.3, 0.4) is 0 Å². The molecule has 1 N–H and O–H groups in total. The van der Waals surface area contributed by atoms with Gasteiger partial charge in [-0.1, -0.05) is 24.3 Å². The van der Waals surface area contributed by atoms with Gasteiger partial charge in [0.15, 0.2) is 5.60 Å². The average Bonchev–Trinajstić information content (AvgIpc) is 2.94. The number of fused-ring (bicyclic) bond motifs is 1. The summed E-state index contributed by atoms with van der Waals surface area (Å²) in [5, 5.41) is 8.88. The Kier molecular flexibility index (Phi) is 7.66. The maximum absolute atomic E-state index is 15.3. The molecule has 41 heavy (non-hydrogen) atoms. The number of anilines is 1. The summed E-state index contributed by atoms with van der Waals surface area (Å²) >= 11 is 0. The molecule has 0 saturated carbocycles. The molecule has 5 rings (SSSR count). The molecule has 0 radical (unpaired) electrons. The number of benzene rings is 2. The van der Waals surface area contributed by atoms with Crippen LogP contribution in [-0.2, 0) is 9.59 Å². The van der Waals surface area contributed by atoms with Gasteiger partial charge in [0.1, 0.15) is 17.3 Å². The van der Waals surface area contributed by atoms with Crippen molar-refractivity contribution >= 4 is 23.5 Å². The lowest BCUT2D eigenvalue weighted by Crippen LogP contribution is -2.58. The molecule has 2 aliphatic heterocycles. The van der Waals surface area contributed by atoms with Crippen LogP contribution < -0.4 is 14.4 Å². The van der Waals surface area contributed by atoms with Crippen LogP contribution >= 0.6 is 0 Å². The topological polar surface area (TPSA) is 109 Å². The Labute approximate surface area is 237 Å². The second kappa shape index (κ2) is 11.2. The van der Waals surface area contributed by atoms with Crippen LogP contribution in [0.1, 0.15) is 49.0 Å². The fourth-order valence-electron chi connectivity index (χ4n) is 5.27. The number of likely N-dealkylation sites (tertiary alicyclic amines) is 1. The number of rotatable bonds is 7. The minimum atomic E-state index is -1.06. The van der Waals surface area contributed by atoms with Gasteiger partial charge in [-0.15, -0.1) is 0 Å². The Morgan fingerprint density at radius 1 is 1.15 bits per heavy atom. The van der Waals surface area contributed by atoms with E-state index in [0.717, 1.165) is 5.56 Å². The molecule has 0 aliphatic carbocycles. The molecule has 0 spiro atoms. The van der Waals surface area contributed by atoms with E-state index in [2.05, 4.69) is 4.98 Å². The highest BCUT2D eigenvalue weighted by Gasteiger charge is 2.45. The molecular weight excluding hydrogens is 529 g/mol. The molecule has 1 saturated heterocycles. The highest BCUT2D eigenvalue weighted by molar-refractivity contribution is 6.02. The second-order valence-electron chi connectivity index (χ2n) is 10.8. The van der Waals surface area contributed by atoms with Crippen molar-refractivity contribution in [1.29, 1.82) is 0 Å². The number of nitrogens with zero attached hydrogens (tertiary/aromatic N) is 3. The summed E-state index contributed by atoms with van der Waals surface area (Å²) in [6.07, 6.45) is 2.60. The third-order valence-electron chi connectivity index (χ3n) is 7.40. The zero-order chi connectivity index (χ0) is 29.3. The van der Waals surface area contributed by atoms with E-state index in [1.54, 1.807) is 60.2 Å². The number of aliphatic carboxylic acids is 1. The number of hydrogen-bond donors (Lipinski definition) is 1. The largest absolute Gasteiger partial charge is 0.492 e. The van der Waals surface area contributed by atoms with E-state index in [4.69, 9.17) is 14.6 Å². The summed E-state index contributed by atoms with van der Waals surface area (Å²) in [5.41, 5.74) is 1.55. The minimum absolute atomic E-state index is 0.0173. The van der Waals surface area contributed by atoms with Gasteiger partial charge in [0.25, 0.3) is 11.8 Å². The lowest BCUT2D eigenvalue weighted by molar-refractivity contribution is -0.137. The highest BCUT2D eigenvalue weighted by atomic mass is 19.1. The van der Waals surface area contributed by atoms with Gasteiger partial charge in [0.05, 0.1) is 18.6 Å². The summed E-state index contributed by atoms with van der Waals surface area (Å²) in [5.74, 6) is -1.36. The molecule has 1 fully saturated rings. The fraction of sp³-hybridized carbons (Fsp3) is 0.355. The van der Waals surface area contributed by atoms with Crippen molar-refractivity contribution in [2.24, 2.45) is 0 Å². The van der Waals surface area contributed by atoms with E-state index < -0.39 is 23.3 Å². The summed E-state index contributed by atoms with van der Waals surface area (Å²) in [6, 6.07) is 13.1. The molecule has 10 heteroatoms. The number of piperidine rings is 1. The second-order valence-corrected chi connectivity index (χ2v) is 10.8.